The number of hydrogen-bond donors (Lipinski definition) is 2. The molecular formula is C13H10BCl2FO3. The minimum atomic E-state index is -1.69. The van der Waals surface area contributed by atoms with Gasteiger partial charge in [0.25, 0.3) is 0 Å². The van der Waals surface area contributed by atoms with E-state index < -0.39 is 12.9 Å². The predicted molar refractivity (Wildman–Crippen MR) is 77.0 cm³/mol. The minimum absolute atomic E-state index is 0.0274. The van der Waals surface area contributed by atoms with Crippen LogP contribution in [-0.2, 0) is 6.61 Å². The first-order chi connectivity index (χ1) is 9.49. The van der Waals surface area contributed by atoms with E-state index in [4.69, 9.17) is 38.0 Å². The monoisotopic (exact) mass is 314 g/mol. The maximum atomic E-state index is 13.6. The topological polar surface area (TPSA) is 49.7 Å². The van der Waals surface area contributed by atoms with Crippen LogP contribution >= 0.6 is 23.2 Å². The highest BCUT2D eigenvalue weighted by molar-refractivity contribution is 6.58. The summed E-state index contributed by atoms with van der Waals surface area (Å²) in [6, 6.07) is 8.56. The van der Waals surface area contributed by atoms with Gasteiger partial charge >= 0.3 is 7.12 Å². The summed E-state index contributed by atoms with van der Waals surface area (Å²) in [5.74, 6) is -0.718. The number of hydrogen-bond acceptors (Lipinski definition) is 3. The van der Waals surface area contributed by atoms with Crippen LogP contribution in [0.15, 0.2) is 36.4 Å². The summed E-state index contributed by atoms with van der Waals surface area (Å²) in [4.78, 5) is 0. The zero-order valence-corrected chi connectivity index (χ0v) is 11.7. The van der Waals surface area contributed by atoms with Crippen LogP contribution < -0.4 is 10.2 Å². The van der Waals surface area contributed by atoms with Crippen molar-refractivity contribution in [1.82, 2.24) is 0 Å². The highest BCUT2D eigenvalue weighted by Gasteiger charge is 2.15. The van der Waals surface area contributed by atoms with Crippen molar-refractivity contribution in [3.05, 3.63) is 57.8 Å². The molecule has 2 aromatic rings. The van der Waals surface area contributed by atoms with Crippen LogP contribution in [0.2, 0.25) is 10.0 Å². The normalized spacial score (nSPS) is 10.4. The van der Waals surface area contributed by atoms with Crippen molar-refractivity contribution in [3.63, 3.8) is 0 Å². The Hall–Kier alpha value is -1.27. The van der Waals surface area contributed by atoms with Gasteiger partial charge in [-0.2, -0.15) is 0 Å². The Labute approximate surface area is 125 Å². The summed E-state index contributed by atoms with van der Waals surface area (Å²) < 4.78 is 18.9. The Morgan fingerprint density at radius 3 is 2.35 bits per heavy atom. The van der Waals surface area contributed by atoms with Crippen molar-refractivity contribution in [2.24, 2.45) is 0 Å². The second-order valence-corrected chi connectivity index (χ2v) is 4.87. The highest BCUT2D eigenvalue weighted by atomic mass is 35.5. The summed E-state index contributed by atoms with van der Waals surface area (Å²) in [5.41, 5.74) is 0.664. The standard InChI is InChI=1S/C13H10BCl2FO3/c15-10-2-1-3-11(16)9(10)7-20-13-6-8(14(18)19)4-5-12(13)17/h1-6,18-19H,7H2. The molecule has 3 nitrogen and oxygen atoms in total. The molecule has 0 radical (unpaired) electrons. The summed E-state index contributed by atoms with van der Waals surface area (Å²) in [6.07, 6.45) is 0. The third-order valence-corrected chi connectivity index (χ3v) is 3.40. The molecule has 0 aromatic heterocycles. The molecule has 0 spiro atoms. The molecular weight excluding hydrogens is 305 g/mol. The number of ether oxygens (including phenoxy) is 1. The van der Waals surface area contributed by atoms with Gasteiger partial charge in [-0.25, -0.2) is 4.39 Å². The van der Waals surface area contributed by atoms with Crippen LogP contribution in [0, 0.1) is 5.82 Å². The summed E-state index contributed by atoms with van der Waals surface area (Å²) in [5, 5.41) is 18.9. The van der Waals surface area contributed by atoms with Crippen LogP contribution in [0.3, 0.4) is 0 Å². The Balaban J connectivity index is 2.20. The fourth-order valence-corrected chi connectivity index (χ4v) is 2.12. The first kappa shape index (κ1) is 15.1. The molecule has 2 rings (SSSR count). The summed E-state index contributed by atoms with van der Waals surface area (Å²) in [6.45, 7) is -0.0274. The molecule has 0 aliphatic rings. The molecule has 104 valence electrons. The van der Waals surface area contributed by atoms with Crippen LogP contribution in [0.4, 0.5) is 4.39 Å². The first-order valence-electron chi connectivity index (χ1n) is 5.70. The molecule has 0 fully saturated rings. The van der Waals surface area contributed by atoms with Gasteiger partial charge in [0.05, 0.1) is 0 Å². The van der Waals surface area contributed by atoms with Crippen molar-refractivity contribution in [3.8, 4) is 5.75 Å². The van der Waals surface area contributed by atoms with Gasteiger partial charge in [0, 0.05) is 15.6 Å². The molecule has 0 unspecified atom stereocenters. The maximum Gasteiger partial charge on any atom is 0.488 e. The molecule has 0 aliphatic heterocycles. The molecule has 2 N–H and O–H groups in total. The summed E-state index contributed by atoms with van der Waals surface area (Å²) >= 11 is 12.0. The van der Waals surface area contributed by atoms with E-state index in [-0.39, 0.29) is 17.8 Å². The van der Waals surface area contributed by atoms with Crippen molar-refractivity contribution >= 4 is 35.8 Å². The van der Waals surface area contributed by atoms with Crippen LogP contribution in [0.5, 0.6) is 5.75 Å². The van der Waals surface area contributed by atoms with Gasteiger partial charge in [0.1, 0.15) is 6.61 Å². The molecule has 0 bridgehead atoms. The van der Waals surface area contributed by atoms with E-state index in [2.05, 4.69) is 0 Å². The molecule has 20 heavy (non-hydrogen) atoms. The van der Waals surface area contributed by atoms with Gasteiger partial charge in [0.2, 0.25) is 0 Å². The van der Waals surface area contributed by atoms with Gasteiger partial charge in [-0.05, 0) is 29.7 Å². The summed E-state index contributed by atoms with van der Waals surface area (Å²) in [7, 11) is -1.69. The van der Waals surface area contributed by atoms with Crippen molar-refractivity contribution < 1.29 is 19.2 Å². The van der Waals surface area contributed by atoms with E-state index in [0.29, 0.717) is 15.6 Å². The molecule has 7 heteroatoms. The number of rotatable bonds is 4. The van der Waals surface area contributed by atoms with E-state index in [0.717, 1.165) is 6.07 Å². The maximum absolute atomic E-state index is 13.6. The molecule has 0 saturated heterocycles. The zero-order valence-electron chi connectivity index (χ0n) is 10.2. The Morgan fingerprint density at radius 2 is 1.75 bits per heavy atom. The third-order valence-electron chi connectivity index (χ3n) is 2.69. The lowest BCUT2D eigenvalue weighted by atomic mass is 9.80. The smallest absolute Gasteiger partial charge is 0.486 e. The fourth-order valence-electron chi connectivity index (χ4n) is 1.61. The van der Waals surface area contributed by atoms with Crippen molar-refractivity contribution in [2.75, 3.05) is 0 Å². The fraction of sp³-hybridized carbons (Fsp3) is 0.0769. The molecule has 0 amide bonds. The first-order valence-corrected chi connectivity index (χ1v) is 6.46. The van der Waals surface area contributed by atoms with Crippen LogP contribution in [0.1, 0.15) is 5.56 Å². The molecule has 0 saturated carbocycles. The molecule has 0 atom stereocenters. The lowest BCUT2D eigenvalue weighted by Crippen LogP contribution is -2.29. The molecule has 0 heterocycles. The van der Waals surface area contributed by atoms with Crippen molar-refractivity contribution in [2.45, 2.75) is 6.61 Å². The lowest BCUT2D eigenvalue weighted by molar-refractivity contribution is 0.290. The largest absolute Gasteiger partial charge is 0.488 e. The third kappa shape index (κ3) is 3.43. The van der Waals surface area contributed by atoms with E-state index >= 15 is 0 Å². The lowest BCUT2D eigenvalue weighted by Gasteiger charge is -2.11. The predicted octanol–water partition coefficient (Wildman–Crippen LogP) is 2.39. The SMILES string of the molecule is OB(O)c1ccc(F)c(OCc2c(Cl)cccc2Cl)c1. The van der Waals surface area contributed by atoms with Gasteiger partial charge in [-0.3, -0.25) is 0 Å². The number of benzene rings is 2. The van der Waals surface area contributed by atoms with Gasteiger partial charge in [0.15, 0.2) is 11.6 Å². The average molecular weight is 315 g/mol. The second kappa shape index (κ2) is 6.46. The average Bonchev–Trinajstić information content (AvgIpc) is 2.39. The van der Waals surface area contributed by atoms with E-state index in [1.807, 2.05) is 0 Å². The number of halogens is 3. The van der Waals surface area contributed by atoms with Gasteiger partial charge in [-0.15, -0.1) is 0 Å². The quantitative estimate of drug-likeness (QED) is 0.852. The second-order valence-electron chi connectivity index (χ2n) is 4.05. The van der Waals surface area contributed by atoms with Crippen LogP contribution in [0.25, 0.3) is 0 Å². The highest BCUT2D eigenvalue weighted by Crippen LogP contribution is 2.26. The minimum Gasteiger partial charge on any atom is -0.486 e. The Morgan fingerprint density at radius 1 is 1.10 bits per heavy atom. The van der Waals surface area contributed by atoms with Gasteiger partial charge < -0.3 is 14.8 Å². The van der Waals surface area contributed by atoms with E-state index in [1.165, 1.54) is 12.1 Å². The zero-order chi connectivity index (χ0) is 14.7. The molecule has 2 aromatic carbocycles. The Kier molecular flexibility index (Phi) is 4.88. The van der Waals surface area contributed by atoms with Gasteiger partial charge in [-0.1, -0.05) is 35.3 Å². The van der Waals surface area contributed by atoms with E-state index in [9.17, 15) is 4.39 Å². The Bertz CT molecular complexity index is 602. The van der Waals surface area contributed by atoms with Crippen LogP contribution in [-0.4, -0.2) is 17.2 Å². The van der Waals surface area contributed by atoms with E-state index in [1.54, 1.807) is 18.2 Å². The molecule has 0 aliphatic carbocycles. The van der Waals surface area contributed by atoms with Crippen molar-refractivity contribution in [1.29, 1.82) is 0 Å².